The van der Waals surface area contributed by atoms with Gasteiger partial charge in [-0.2, -0.15) is 0 Å². The Morgan fingerprint density at radius 1 is 1.04 bits per heavy atom. The Balaban J connectivity index is 1.10. The number of unbranched alkanes of at least 4 members (excludes halogenated alkanes) is 3. The minimum Gasteiger partial charge on any atom is -0.374 e. The zero-order valence-corrected chi connectivity index (χ0v) is 14.2. The molecule has 124 valence electrons. The van der Waals surface area contributed by atoms with Crippen LogP contribution in [0.4, 0.5) is 0 Å². The SMILES string of the molecule is C[n+]1ccn(CCCCCCO[C@@H]2C=C[C@H]3C4C=CC(C4)[C@@H]23)c1. The van der Waals surface area contributed by atoms with Crippen LogP contribution in [-0.2, 0) is 18.3 Å². The highest BCUT2D eigenvalue weighted by molar-refractivity contribution is 5.25. The summed E-state index contributed by atoms with van der Waals surface area (Å²) in [7, 11) is 2.07. The van der Waals surface area contributed by atoms with Gasteiger partial charge in [0.1, 0.15) is 12.4 Å². The van der Waals surface area contributed by atoms with E-state index in [2.05, 4.69) is 59.2 Å². The third-order valence-corrected chi connectivity index (χ3v) is 5.93. The molecule has 0 N–H and O–H groups in total. The molecule has 0 saturated heterocycles. The normalized spacial score (nSPS) is 33.7. The standard InChI is InChI=1S/C20H29N2O/c1-21-11-12-22(15-21)10-4-2-3-5-13-23-19-9-8-18-16-6-7-17(14-16)20(18)19/h6-9,11-12,15-20H,2-5,10,13-14H2,1H3/q+1/t16?,17?,18-,19+,20+/m0/s1. The Bertz CT molecular complexity index is 588. The minimum absolute atomic E-state index is 0.389. The van der Waals surface area contributed by atoms with Crippen LogP contribution in [0.3, 0.4) is 0 Å². The van der Waals surface area contributed by atoms with Gasteiger partial charge in [-0.25, -0.2) is 9.13 Å². The Morgan fingerprint density at radius 3 is 2.78 bits per heavy atom. The van der Waals surface area contributed by atoms with E-state index in [1.165, 1.54) is 32.1 Å². The number of hydrogen-bond acceptors (Lipinski definition) is 1. The molecular weight excluding hydrogens is 284 g/mol. The number of allylic oxidation sites excluding steroid dienone is 3. The molecule has 23 heavy (non-hydrogen) atoms. The lowest BCUT2D eigenvalue weighted by Crippen LogP contribution is -2.27. The molecule has 3 aliphatic carbocycles. The lowest BCUT2D eigenvalue weighted by atomic mass is 9.84. The van der Waals surface area contributed by atoms with Crippen molar-refractivity contribution in [2.45, 2.75) is 44.8 Å². The van der Waals surface area contributed by atoms with E-state index < -0.39 is 0 Å². The van der Waals surface area contributed by atoms with Crippen molar-refractivity contribution in [3.05, 3.63) is 43.0 Å². The van der Waals surface area contributed by atoms with Crippen LogP contribution in [0.15, 0.2) is 43.0 Å². The third-order valence-electron chi connectivity index (χ3n) is 5.93. The largest absolute Gasteiger partial charge is 0.374 e. The molecule has 3 aliphatic rings. The van der Waals surface area contributed by atoms with Crippen LogP contribution in [0.1, 0.15) is 32.1 Å². The van der Waals surface area contributed by atoms with E-state index in [0.717, 1.165) is 36.8 Å². The van der Waals surface area contributed by atoms with Crippen LogP contribution in [-0.4, -0.2) is 17.3 Å². The highest BCUT2D eigenvalue weighted by Gasteiger charge is 2.49. The number of ether oxygens (including phenoxy) is 1. The molecule has 1 aromatic heterocycles. The van der Waals surface area contributed by atoms with E-state index in [-0.39, 0.29) is 0 Å². The summed E-state index contributed by atoms with van der Waals surface area (Å²) in [6, 6.07) is 0. The molecule has 0 radical (unpaired) electrons. The fraction of sp³-hybridized carbons (Fsp3) is 0.650. The van der Waals surface area contributed by atoms with Gasteiger partial charge in [-0.3, -0.25) is 0 Å². The van der Waals surface area contributed by atoms with Gasteiger partial charge in [0.15, 0.2) is 0 Å². The van der Waals surface area contributed by atoms with Gasteiger partial charge < -0.3 is 4.74 Å². The Labute approximate surface area is 139 Å². The number of fused-ring (bicyclic) bond motifs is 5. The van der Waals surface area contributed by atoms with Crippen LogP contribution < -0.4 is 4.57 Å². The molecule has 1 heterocycles. The van der Waals surface area contributed by atoms with Gasteiger partial charge in [-0.15, -0.1) is 0 Å². The van der Waals surface area contributed by atoms with Crippen LogP contribution in [0, 0.1) is 23.7 Å². The minimum atomic E-state index is 0.389. The molecule has 0 aliphatic heterocycles. The van der Waals surface area contributed by atoms with Gasteiger partial charge in [0.05, 0.1) is 19.7 Å². The van der Waals surface area contributed by atoms with Crippen molar-refractivity contribution >= 4 is 0 Å². The second kappa shape index (κ2) is 6.64. The van der Waals surface area contributed by atoms with E-state index in [4.69, 9.17) is 4.74 Å². The second-order valence-corrected chi connectivity index (χ2v) is 7.55. The maximum Gasteiger partial charge on any atom is 0.243 e. The van der Waals surface area contributed by atoms with Crippen LogP contribution in [0.5, 0.6) is 0 Å². The molecule has 0 aromatic carbocycles. The van der Waals surface area contributed by atoms with Gasteiger partial charge in [0.2, 0.25) is 6.33 Å². The zero-order chi connectivity index (χ0) is 15.6. The number of hydrogen-bond donors (Lipinski definition) is 0. The van der Waals surface area contributed by atoms with Crippen molar-refractivity contribution in [2.24, 2.45) is 30.7 Å². The average molecular weight is 313 g/mol. The van der Waals surface area contributed by atoms with E-state index >= 15 is 0 Å². The van der Waals surface area contributed by atoms with E-state index in [9.17, 15) is 0 Å². The van der Waals surface area contributed by atoms with Crippen molar-refractivity contribution in [2.75, 3.05) is 6.61 Å². The summed E-state index contributed by atoms with van der Waals surface area (Å²) >= 11 is 0. The maximum atomic E-state index is 6.21. The summed E-state index contributed by atoms with van der Waals surface area (Å²) in [4.78, 5) is 0. The Kier molecular flexibility index (Phi) is 4.39. The number of aromatic nitrogens is 2. The first-order valence-electron chi connectivity index (χ1n) is 9.30. The summed E-state index contributed by atoms with van der Waals surface area (Å²) < 4.78 is 10.6. The lowest BCUT2D eigenvalue weighted by molar-refractivity contribution is -0.671. The Morgan fingerprint density at radius 2 is 1.91 bits per heavy atom. The highest BCUT2D eigenvalue weighted by Crippen LogP contribution is 2.53. The predicted molar refractivity (Wildman–Crippen MR) is 90.7 cm³/mol. The first-order valence-corrected chi connectivity index (χ1v) is 9.30. The van der Waals surface area contributed by atoms with Gasteiger partial charge in [-0.05, 0) is 43.4 Å². The molecule has 2 bridgehead atoms. The summed E-state index contributed by atoms with van der Waals surface area (Å²) in [5.74, 6) is 3.12. The average Bonchev–Trinajstić information content (AvgIpc) is 3.28. The molecule has 3 nitrogen and oxygen atoms in total. The zero-order valence-electron chi connectivity index (χ0n) is 14.2. The third kappa shape index (κ3) is 3.16. The van der Waals surface area contributed by atoms with Crippen molar-refractivity contribution < 1.29 is 9.30 Å². The van der Waals surface area contributed by atoms with Crippen molar-refractivity contribution in [3.8, 4) is 0 Å². The molecule has 5 atom stereocenters. The van der Waals surface area contributed by atoms with E-state index in [1.54, 1.807) is 0 Å². The molecule has 0 spiro atoms. The maximum absolute atomic E-state index is 6.21. The molecule has 3 heteroatoms. The summed E-state index contributed by atoms with van der Waals surface area (Å²) in [6.45, 7) is 2.06. The number of rotatable bonds is 8. The fourth-order valence-corrected chi connectivity index (χ4v) is 4.77. The van der Waals surface area contributed by atoms with Crippen LogP contribution >= 0.6 is 0 Å². The Hall–Kier alpha value is -1.35. The van der Waals surface area contributed by atoms with Crippen molar-refractivity contribution in [1.29, 1.82) is 0 Å². The first kappa shape index (κ1) is 15.2. The summed E-state index contributed by atoms with van der Waals surface area (Å²) in [6.07, 6.45) is 22.8. The number of aryl methyl sites for hydroxylation is 2. The molecule has 0 amide bonds. The monoisotopic (exact) mass is 313 g/mol. The van der Waals surface area contributed by atoms with Gasteiger partial charge in [0.25, 0.3) is 0 Å². The van der Waals surface area contributed by atoms with Crippen molar-refractivity contribution in [3.63, 3.8) is 0 Å². The van der Waals surface area contributed by atoms with Crippen molar-refractivity contribution in [1.82, 2.24) is 4.57 Å². The molecule has 1 aromatic rings. The van der Waals surface area contributed by atoms with E-state index in [0.29, 0.717) is 6.10 Å². The van der Waals surface area contributed by atoms with Crippen LogP contribution in [0.25, 0.3) is 0 Å². The summed E-state index contributed by atoms with van der Waals surface area (Å²) in [5.41, 5.74) is 0. The molecule has 1 fully saturated rings. The molecule has 1 saturated carbocycles. The molecule has 4 rings (SSSR count). The number of nitrogens with zero attached hydrogens (tertiary/aromatic N) is 2. The second-order valence-electron chi connectivity index (χ2n) is 7.55. The van der Waals surface area contributed by atoms with Gasteiger partial charge >= 0.3 is 0 Å². The summed E-state index contributed by atoms with van der Waals surface area (Å²) in [5, 5.41) is 0. The molecular formula is C20H29N2O+. The van der Waals surface area contributed by atoms with Gasteiger partial charge in [-0.1, -0.05) is 30.7 Å². The smallest absolute Gasteiger partial charge is 0.243 e. The topological polar surface area (TPSA) is 18.0 Å². The lowest BCUT2D eigenvalue weighted by Gasteiger charge is -2.26. The quantitative estimate of drug-likeness (QED) is 0.409. The fourth-order valence-electron chi connectivity index (χ4n) is 4.77. The van der Waals surface area contributed by atoms with Crippen LogP contribution in [0.2, 0.25) is 0 Å². The van der Waals surface area contributed by atoms with Gasteiger partial charge in [0, 0.05) is 12.5 Å². The van der Waals surface area contributed by atoms with E-state index in [1.807, 2.05) is 0 Å². The molecule has 2 unspecified atom stereocenters. The predicted octanol–water partition coefficient (Wildman–Crippen LogP) is 3.27. The first-order chi connectivity index (χ1) is 11.3. The highest BCUT2D eigenvalue weighted by atomic mass is 16.5. The number of imidazole rings is 1.